The molecule has 1 aromatic carbocycles. The zero-order valence-electron chi connectivity index (χ0n) is 8.53. The van der Waals surface area contributed by atoms with Crippen molar-refractivity contribution in [1.82, 2.24) is 5.32 Å². The van der Waals surface area contributed by atoms with Gasteiger partial charge >= 0.3 is 5.97 Å². The predicted octanol–water partition coefficient (Wildman–Crippen LogP) is 1.60. The largest absolute Gasteiger partial charge is 0.468 e. The van der Waals surface area contributed by atoms with Crippen LogP contribution in [-0.4, -0.2) is 25.4 Å². The molecule has 1 aromatic rings. The molecule has 3 nitrogen and oxygen atoms in total. The lowest BCUT2D eigenvalue weighted by atomic mass is 10.1. The van der Waals surface area contributed by atoms with Gasteiger partial charge in [0.15, 0.2) is 0 Å². The van der Waals surface area contributed by atoms with Crippen LogP contribution in [-0.2, 0) is 9.53 Å². The Morgan fingerprint density at radius 2 is 2.40 bits per heavy atom. The highest BCUT2D eigenvalue weighted by molar-refractivity contribution is 7.99. The molecule has 1 N–H and O–H groups in total. The van der Waals surface area contributed by atoms with Crippen molar-refractivity contribution in [2.45, 2.75) is 10.9 Å². The fourth-order valence-corrected chi connectivity index (χ4v) is 2.81. The number of hydrogen-bond donors (Lipinski definition) is 1. The SMILES string of the molecule is COC(=O)CNC1CSc2ccccc21. The molecule has 1 heterocycles. The number of nitrogens with one attached hydrogen (secondary N) is 1. The molecule has 0 saturated heterocycles. The molecule has 0 spiro atoms. The summed E-state index contributed by atoms with van der Waals surface area (Å²) in [5.74, 6) is 0.764. The maximum atomic E-state index is 11.0. The Hall–Kier alpha value is -1.00. The van der Waals surface area contributed by atoms with Crippen LogP contribution in [0.15, 0.2) is 29.2 Å². The molecular weight excluding hydrogens is 210 g/mol. The third-order valence-electron chi connectivity index (χ3n) is 2.42. The summed E-state index contributed by atoms with van der Waals surface area (Å²) in [7, 11) is 1.40. The van der Waals surface area contributed by atoms with E-state index in [2.05, 4.69) is 22.2 Å². The van der Waals surface area contributed by atoms with Gasteiger partial charge in [0.2, 0.25) is 0 Å². The molecule has 0 aliphatic carbocycles. The molecule has 80 valence electrons. The topological polar surface area (TPSA) is 38.3 Å². The lowest BCUT2D eigenvalue weighted by Crippen LogP contribution is -2.28. The molecule has 0 saturated carbocycles. The van der Waals surface area contributed by atoms with Crippen molar-refractivity contribution >= 4 is 17.7 Å². The molecule has 1 unspecified atom stereocenters. The number of rotatable bonds is 3. The number of carbonyl (C=O) groups is 1. The van der Waals surface area contributed by atoms with Gasteiger partial charge in [0, 0.05) is 16.7 Å². The first kappa shape index (κ1) is 10.5. The van der Waals surface area contributed by atoms with Gasteiger partial charge in [-0.25, -0.2) is 0 Å². The zero-order chi connectivity index (χ0) is 10.7. The Morgan fingerprint density at radius 1 is 1.60 bits per heavy atom. The number of thioether (sulfide) groups is 1. The van der Waals surface area contributed by atoms with Crippen LogP contribution in [0, 0.1) is 0 Å². The number of fused-ring (bicyclic) bond motifs is 1. The summed E-state index contributed by atoms with van der Waals surface area (Å²) in [5.41, 5.74) is 1.28. The highest BCUT2D eigenvalue weighted by atomic mass is 32.2. The van der Waals surface area contributed by atoms with E-state index in [0.717, 1.165) is 5.75 Å². The first-order valence-corrected chi connectivity index (χ1v) is 5.81. The lowest BCUT2D eigenvalue weighted by molar-refractivity contribution is -0.139. The minimum atomic E-state index is -0.218. The monoisotopic (exact) mass is 223 g/mol. The van der Waals surface area contributed by atoms with E-state index < -0.39 is 0 Å². The summed E-state index contributed by atoms with van der Waals surface area (Å²) >= 11 is 1.82. The van der Waals surface area contributed by atoms with E-state index in [-0.39, 0.29) is 18.6 Å². The van der Waals surface area contributed by atoms with Crippen molar-refractivity contribution in [3.63, 3.8) is 0 Å². The van der Waals surface area contributed by atoms with E-state index in [1.54, 1.807) is 0 Å². The van der Waals surface area contributed by atoms with Gasteiger partial charge in [0.25, 0.3) is 0 Å². The molecule has 0 amide bonds. The van der Waals surface area contributed by atoms with Gasteiger partial charge in [-0.3, -0.25) is 10.1 Å². The van der Waals surface area contributed by atoms with Gasteiger partial charge in [-0.15, -0.1) is 11.8 Å². The van der Waals surface area contributed by atoms with Crippen molar-refractivity contribution in [2.75, 3.05) is 19.4 Å². The van der Waals surface area contributed by atoms with Crippen LogP contribution < -0.4 is 5.32 Å². The maximum absolute atomic E-state index is 11.0. The van der Waals surface area contributed by atoms with Gasteiger partial charge in [0.1, 0.15) is 0 Å². The summed E-state index contributed by atoms with van der Waals surface area (Å²) in [4.78, 5) is 12.3. The quantitative estimate of drug-likeness (QED) is 0.790. The van der Waals surface area contributed by atoms with Gasteiger partial charge in [-0.2, -0.15) is 0 Å². The zero-order valence-corrected chi connectivity index (χ0v) is 9.34. The minimum Gasteiger partial charge on any atom is -0.468 e. The summed E-state index contributed by atoms with van der Waals surface area (Å²) < 4.78 is 4.59. The van der Waals surface area contributed by atoms with Crippen molar-refractivity contribution in [3.05, 3.63) is 29.8 Å². The Kier molecular flexibility index (Phi) is 3.28. The van der Waals surface area contributed by atoms with Crippen LogP contribution in [0.5, 0.6) is 0 Å². The highest BCUT2D eigenvalue weighted by Gasteiger charge is 2.22. The van der Waals surface area contributed by atoms with Gasteiger partial charge in [0.05, 0.1) is 13.7 Å². The number of esters is 1. The lowest BCUT2D eigenvalue weighted by Gasteiger charge is -2.11. The molecule has 0 bridgehead atoms. The average Bonchev–Trinajstić information content (AvgIpc) is 2.69. The van der Waals surface area contributed by atoms with Crippen molar-refractivity contribution in [1.29, 1.82) is 0 Å². The average molecular weight is 223 g/mol. The second-order valence-electron chi connectivity index (χ2n) is 3.36. The van der Waals surface area contributed by atoms with Gasteiger partial charge in [-0.05, 0) is 11.6 Å². The molecule has 0 fully saturated rings. The fourth-order valence-electron chi connectivity index (χ4n) is 1.61. The Morgan fingerprint density at radius 3 is 3.20 bits per heavy atom. The fraction of sp³-hybridized carbons (Fsp3) is 0.364. The maximum Gasteiger partial charge on any atom is 0.319 e. The molecule has 4 heteroatoms. The van der Waals surface area contributed by atoms with Crippen molar-refractivity contribution < 1.29 is 9.53 Å². The molecule has 1 atom stereocenters. The van der Waals surface area contributed by atoms with E-state index in [0.29, 0.717) is 0 Å². The first-order valence-electron chi connectivity index (χ1n) is 4.83. The van der Waals surface area contributed by atoms with E-state index in [9.17, 15) is 4.79 Å². The second-order valence-corrected chi connectivity index (χ2v) is 4.42. The molecule has 15 heavy (non-hydrogen) atoms. The predicted molar refractivity (Wildman–Crippen MR) is 59.9 cm³/mol. The van der Waals surface area contributed by atoms with Crippen molar-refractivity contribution in [2.24, 2.45) is 0 Å². The van der Waals surface area contributed by atoms with Crippen LogP contribution in [0.3, 0.4) is 0 Å². The minimum absolute atomic E-state index is 0.218. The van der Waals surface area contributed by atoms with Crippen LogP contribution in [0.25, 0.3) is 0 Å². The Balaban J connectivity index is 1.99. The van der Waals surface area contributed by atoms with Crippen LogP contribution in [0.2, 0.25) is 0 Å². The molecule has 1 aliphatic heterocycles. The van der Waals surface area contributed by atoms with Crippen molar-refractivity contribution in [3.8, 4) is 0 Å². The summed E-state index contributed by atoms with van der Waals surface area (Å²) in [6.45, 7) is 0.274. The molecule has 2 rings (SSSR count). The molecule has 1 aliphatic rings. The molecular formula is C11H13NO2S. The summed E-state index contributed by atoms with van der Waals surface area (Å²) in [5, 5.41) is 3.19. The van der Waals surface area contributed by atoms with E-state index >= 15 is 0 Å². The highest BCUT2D eigenvalue weighted by Crippen LogP contribution is 2.37. The van der Waals surface area contributed by atoms with E-state index in [4.69, 9.17) is 0 Å². The van der Waals surface area contributed by atoms with Gasteiger partial charge in [-0.1, -0.05) is 18.2 Å². The number of methoxy groups -OCH3 is 1. The number of benzene rings is 1. The normalized spacial score (nSPS) is 18.6. The number of carbonyl (C=O) groups excluding carboxylic acids is 1. The number of hydrogen-bond acceptors (Lipinski definition) is 4. The van der Waals surface area contributed by atoms with Crippen LogP contribution >= 0.6 is 11.8 Å². The smallest absolute Gasteiger partial charge is 0.319 e. The number of ether oxygens (including phenoxy) is 1. The third-order valence-corrected chi connectivity index (χ3v) is 3.60. The van der Waals surface area contributed by atoms with Gasteiger partial charge < -0.3 is 4.74 Å². The van der Waals surface area contributed by atoms with Crippen LogP contribution in [0.1, 0.15) is 11.6 Å². The molecule has 0 aromatic heterocycles. The second kappa shape index (κ2) is 4.68. The summed E-state index contributed by atoms with van der Waals surface area (Å²) in [6, 6.07) is 8.54. The first-order chi connectivity index (χ1) is 7.31. The van der Waals surface area contributed by atoms with E-state index in [1.807, 2.05) is 23.9 Å². The Bertz CT molecular complexity index is 367. The van der Waals surface area contributed by atoms with E-state index in [1.165, 1.54) is 17.6 Å². The van der Waals surface area contributed by atoms with Crippen LogP contribution in [0.4, 0.5) is 0 Å². The summed E-state index contributed by atoms with van der Waals surface area (Å²) in [6.07, 6.45) is 0. The Labute approximate surface area is 93.2 Å². The molecule has 0 radical (unpaired) electrons. The standard InChI is InChI=1S/C11H13NO2S/c1-14-11(13)6-12-9-7-15-10-5-3-2-4-8(9)10/h2-5,9,12H,6-7H2,1H3. The third kappa shape index (κ3) is 2.33.